The Morgan fingerprint density at radius 2 is 1.69 bits per heavy atom. The van der Waals surface area contributed by atoms with Crippen LogP contribution in [-0.4, -0.2) is 27.2 Å². The van der Waals surface area contributed by atoms with Gasteiger partial charge in [-0.3, -0.25) is 14.3 Å². The summed E-state index contributed by atoms with van der Waals surface area (Å²) in [7, 11) is -2.39. The molecule has 0 saturated carbocycles. The van der Waals surface area contributed by atoms with Crippen molar-refractivity contribution in [2.75, 3.05) is 16.7 Å². The molecule has 3 aromatic carbocycles. The Bertz CT molecular complexity index is 1640. The van der Waals surface area contributed by atoms with Gasteiger partial charge in [-0.05, 0) is 59.5 Å². The Morgan fingerprint density at radius 1 is 0.917 bits per heavy atom. The summed E-state index contributed by atoms with van der Waals surface area (Å²) in [4.78, 5) is 25.5. The first-order chi connectivity index (χ1) is 17.1. The van der Waals surface area contributed by atoms with Gasteiger partial charge in [0.2, 0.25) is 0 Å². The van der Waals surface area contributed by atoms with Gasteiger partial charge in [0.05, 0.1) is 11.3 Å². The average molecular weight is 527 g/mol. The molecule has 0 unspecified atom stereocenters. The lowest BCUT2D eigenvalue weighted by atomic mass is 10.0. The van der Waals surface area contributed by atoms with E-state index in [1.165, 1.54) is 42.3 Å². The van der Waals surface area contributed by atoms with E-state index in [9.17, 15) is 26.8 Å². The minimum atomic E-state index is -3.86. The van der Waals surface area contributed by atoms with Gasteiger partial charge >= 0.3 is 0 Å². The predicted molar refractivity (Wildman–Crippen MR) is 131 cm³/mol. The van der Waals surface area contributed by atoms with E-state index in [0.717, 1.165) is 23.5 Å². The summed E-state index contributed by atoms with van der Waals surface area (Å²) in [6, 6.07) is 15.0. The monoisotopic (exact) mass is 526 g/mol. The number of nitrogens with zero attached hydrogens (tertiary/aromatic N) is 1. The van der Waals surface area contributed by atoms with Gasteiger partial charge < -0.3 is 9.64 Å². The molecule has 182 valence electrons. The van der Waals surface area contributed by atoms with Gasteiger partial charge in [-0.2, -0.15) is 0 Å². The normalized spacial score (nSPS) is 13.1. The van der Waals surface area contributed by atoms with E-state index in [4.69, 9.17) is 4.74 Å². The molecule has 0 atom stereocenters. The van der Waals surface area contributed by atoms with Crippen LogP contribution < -0.4 is 14.4 Å². The number of likely N-dealkylation sites (N-methyl/N-ethyl adjacent to an activating group) is 1. The highest BCUT2D eigenvalue weighted by Gasteiger charge is 2.33. The van der Waals surface area contributed by atoms with Crippen LogP contribution >= 0.6 is 11.3 Å². The summed E-state index contributed by atoms with van der Waals surface area (Å²) in [6.45, 7) is 0. The number of hydrogen-bond donors (Lipinski definition) is 1. The zero-order valence-corrected chi connectivity index (χ0v) is 20.1. The molecule has 0 saturated heterocycles. The number of anilines is 2. The van der Waals surface area contributed by atoms with E-state index >= 15 is 0 Å². The Labute approximate surface area is 208 Å². The number of nitrogens with one attached hydrogen (secondary N) is 1. The van der Waals surface area contributed by atoms with E-state index in [1.54, 1.807) is 23.6 Å². The van der Waals surface area contributed by atoms with Gasteiger partial charge in [0.1, 0.15) is 15.8 Å². The summed E-state index contributed by atoms with van der Waals surface area (Å²) >= 11 is 1.05. The van der Waals surface area contributed by atoms with Gasteiger partial charge in [-0.1, -0.05) is 12.1 Å². The number of rotatable bonds is 6. The molecule has 1 amide bonds. The van der Waals surface area contributed by atoms with Crippen LogP contribution in [0.5, 0.6) is 11.5 Å². The highest BCUT2D eigenvalue weighted by molar-refractivity contribution is 7.94. The van der Waals surface area contributed by atoms with Gasteiger partial charge in [-0.15, -0.1) is 11.3 Å². The number of ketones is 1. The molecule has 1 N–H and O–H groups in total. The molecule has 0 aliphatic carbocycles. The van der Waals surface area contributed by atoms with Gasteiger partial charge in [-0.25, -0.2) is 17.2 Å². The van der Waals surface area contributed by atoms with E-state index in [-0.39, 0.29) is 27.0 Å². The smallest absolute Gasteiger partial charge is 0.299 e. The number of Topliss-reactive ketones (excluding diaryl/α,β-unsaturated/α-hetero) is 1. The van der Waals surface area contributed by atoms with Crippen molar-refractivity contribution in [3.8, 4) is 22.6 Å². The minimum absolute atomic E-state index is 0.119. The fourth-order valence-corrected chi connectivity index (χ4v) is 5.79. The molecule has 1 aromatic heterocycles. The summed E-state index contributed by atoms with van der Waals surface area (Å²) < 4.78 is 61.5. The summed E-state index contributed by atoms with van der Waals surface area (Å²) in [5.41, 5.74) is 1.61. The third-order valence-corrected chi connectivity index (χ3v) is 8.30. The number of ether oxygens (including phenoxy) is 1. The Morgan fingerprint density at radius 3 is 2.42 bits per heavy atom. The summed E-state index contributed by atoms with van der Waals surface area (Å²) in [5, 5.41) is 1.64. The number of benzene rings is 3. The third-order valence-electron chi connectivity index (χ3n) is 5.52. The van der Waals surface area contributed by atoms with Crippen LogP contribution in [-0.2, 0) is 14.8 Å². The maximum Gasteiger partial charge on any atom is 0.299 e. The van der Waals surface area contributed by atoms with Crippen LogP contribution in [0.2, 0.25) is 0 Å². The van der Waals surface area contributed by atoms with Crippen LogP contribution in [0, 0.1) is 11.6 Å². The second-order valence-corrected chi connectivity index (χ2v) is 10.7. The number of carbonyl (C=O) groups excluding carboxylic acids is 2. The first-order valence-electron chi connectivity index (χ1n) is 10.4. The van der Waals surface area contributed by atoms with Crippen LogP contribution in [0.4, 0.5) is 20.2 Å². The van der Waals surface area contributed by atoms with Crippen molar-refractivity contribution in [3.63, 3.8) is 0 Å². The first-order valence-corrected chi connectivity index (χ1v) is 12.8. The standard InChI is InChI=1S/C25H16F2N2O5S2/c1-29-20-11-14(4-7-17(20)24(30)25(29)31)18-13-16(28-36(32,33)23-3-2-10-35-23)6-9-21(18)34-22-8-5-15(26)12-19(22)27/h2-13,28H,1H3. The first kappa shape index (κ1) is 23.6. The Hall–Kier alpha value is -4.09. The SMILES string of the molecule is CN1C(=O)C(=O)c2ccc(-c3cc(NS(=O)(=O)c4cccs4)ccc3Oc3ccc(F)cc3F)cc21. The molecule has 1 aliphatic heterocycles. The Balaban J connectivity index is 1.61. The van der Waals surface area contributed by atoms with Crippen molar-refractivity contribution in [1.29, 1.82) is 0 Å². The number of sulfonamides is 1. The lowest BCUT2D eigenvalue weighted by Crippen LogP contribution is -2.24. The maximum atomic E-state index is 14.3. The Kier molecular flexibility index (Phi) is 5.81. The third kappa shape index (κ3) is 4.23. The van der Waals surface area contributed by atoms with E-state index in [2.05, 4.69) is 4.72 Å². The number of amides is 1. The van der Waals surface area contributed by atoms with E-state index in [0.29, 0.717) is 22.9 Å². The van der Waals surface area contributed by atoms with Crippen molar-refractivity contribution >= 4 is 44.4 Å². The van der Waals surface area contributed by atoms with E-state index < -0.39 is 33.3 Å². The average Bonchev–Trinajstić information content (AvgIpc) is 3.47. The molecule has 4 aromatic rings. The number of carbonyl (C=O) groups is 2. The fraction of sp³-hybridized carbons (Fsp3) is 0.0400. The van der Waals surface area contributed by atoms with E-state index in [1.807, 2.05) is 0 Å². The molecular formula is C25H16F2N2O5S2. The number of thiophene rings is 1. The van der Waals surface area contributed by atoms with Crippen molar-refractivity contribution in [1.82, 2.24) is 0 Å². The maximum absolute atomic E-state index is 14.3. The number of halogens is 2. The van der Waals surface area contributed by atoms with Crippen molar-refractivity contribution in [2.45, 2.75) is 4.21 Å². The highest BCUT2D eigenvalue weighted by Crippen LogP contribution is 2.40. The second-order valence-electron chi connectivity index (χ2n) is 7.85. The number of fused-ring (bicyclic) bond motifs is 1. The van der Waals surface area contributed by atoms with Crippen molar-refractivity contribution in [3.05, 3.63) is 89.3 Å². The van der Waals surface area contributed by atoms with Crippen molar-refractivity contribution in [2.24, 2.45) is 0 Å². The van der Waals surface area contributed by atoms with Crippen LogP contribution in [0.1, 0.15) is 10.4 Å². The second kappa shape index (κ2) is 8.85. The fourth-order valence-electron chi connectivity index (χ4n) is 3.75. The zero-order valence-electron chi connectivity index (χ0n) is 18.5. The molecule has 0 fully saturated rings. The quantitative estimate of drug-likeness (QED) is 0.338. The number of hydrogen-bond acceptors (Lipinski definition) is 6. The molecule has 0 spiro atoms. The minimum Gasteiger partial charge on any atom is -0.454 e. The molecule has 36 heavy (non-hydrogen) atoms. The topological polar surface area (TPSA) is 92.8 Å². The van der Waals surface area contributed by atoms with Gasteiger partial charge in [0.25, 0.3) is 21.7 Å². The summed E-state index contributed by atoms with van der Waals surface area (Å²) in [5.74, 6) is -3.11. The van der Waals surface area contributed by atoms with Gasteiger partial charge in [0, 0.05) is 24.4 Å². The molecule has 1 aliphatic rings. The summed E-state index contributed by atoms with van der Waals surface area (Å²) in [6.07, 6.45) is 0. The molecule has 11 heteroatoms. The molecular weight excluding hydrogens is 510 g/mol. The highest BCUT2D eigenvalue weighted by atomic mass is 32.2. The molecule has 0 radical (unpaired) electrons. The molecule has 2 heterocycles. The van der Waals surface area contributed by atoms with Crippen LogP contribution in [0.3, 0.4) is 0 Å². The zero-order chi connectivity index (χ0) is 25.6. The molecule has 5 rings (SSSR count). The largest absolute Gasteiger partial charge is 0.454 e. The molecule has 0 bridgehead atoms. The van der Waals surface area contributed by atoms with Crippen LogP contribution in [0.25, 0.3) is 11.1 Å². The lowest BCUT2D eigenvalue weighted by Gasteiger charge is -2.16. The predicted octanol–water partition coefficient (Wildman–Crippen LogP) is 5.45. The lowest BCUT2D eigenvalue weighted by molar-refractivity contribution is -0.114. The van der Waals surface area contributed by atoms with Crippen molar-refractivity contribution < 1.29 is 31.5 Å². The van der Waals surface area contributed by atoms with Gasteiger partial charge in [0.15, 0.2) is 11.6 Å². The van der Waals surface area contributed by atoms with Crippen LogP contribution in [0.15, 0.2) is 76.3 Å². The molecule has 7 nitrogen and oxygen atoms in total.